The third-order valence-corrected chi connectivity index (χ3v) is 3.55. The lowest BCUT2D eigenvalue weighted by Gasteiger charge is -2.22. The first-order valence-electron chi connectivity index (χ1n) is 6.34. The van der Waals surface area contributed by atoms with Crippen LogP contribution in [-0.4, -0.2) is 19.3 Å². The van der Waals surface area contributed by atoms with Gasteiger partial charge < -0.3 is 10.1 Å². The van der Waals surface area contributed by atoms with Gasteiger partial charge in [-0.25, -0.2) is 0 Å². The average Bonchev–Trinajstić information content (AvgIpc) is 2.39. The van der Waals surface area contributed by atoms with Crippen LogP contribution in [0.2, 0.25) is 0 Å². The summed E-state index contributed by atoms with van der Waals surface area (Å²) in [4.78, 5) is 0. The van der Waals surface area contributed by atoms with E-state index in [1.165, 1.54) is 19.3 Å². The van der Waals surface area contributed by atoms with Gasteiger partial charge in [-0.1, -0.05) is 15.9 Å². The van der Waals surface area contributed by atoms with Crippen LogP contribution in [0, 0.1) is 11.3 Å². The van der Waals surface area contributed by atoms with E-state index in [4.69, 9.17) is 10.00 Å². The monoisotopic (exact) mass is 308 g/mol. The van der Waals surface area contributed by atoms with Gasteiger partial charge in [0.25, 0.3) is 0 Å². The minimum atomic E-state index is 0.397. The highest BCUT2D eigenvalue weighted by atomic mass is 79.9. The van der Waals surface area contributed by atoms with Gasteiger partial charge in [0.15, 0.2) is 0 Å². The maximum Gasteiger partial charge on any atom is 0.0992 e. The van der Waals surface area contributed by atoms with Crippen LogP contribution in [0.25, 0.3) is 0 Å². The Bertz CT molecular complexity index is 436. The number of benzene rings is 1. The number of anilines is 1. The molecule has 1 saturated heterocycles. The number of hydrogen-bond acceptors (Lipinski definition) is 3. The molecule has 4 heteroatoms. The molecule has 1 aliphatic rings. The van der Waals surface area contributed by atoms with Crippen LogP contribution in [0.15, 0.2) is 22.7 Å². The van der Waals surface area contributed by atoms with Gasteiger partial charge in [0, 0.05) is 23.3 Å². The van der Waals surface area contributed by atoms with Gasteiger partial charge in [0.05, 0.1) is 17.7 Å². The van der Waals surface area contributed by atoms with Crippen molar-refractivity contribution in [1.82, 2.24) is 0 Å². The quantitative estimate of drug-likeness (QED) is 0.922. The summed E-state index contributed by atoms with van der Waals surface area (Å²) in [6.45, 7) is 1.78. The second-order valence-electron chi connectivity index (χ2n) is 4.54. The fourth-order valence-electron chi connectivity index (χ4n) is 2.17. The molecule has 0 aliphatic carbocycles. The Morgan fingerprint density at radius 1 is 1.39 bits per heavy atom. The van der Waals surface area contributed by atoms with E-state index >= 15 is 0 Å². The Hall–Kier alpha value is -1.05. The third kappa shape index (κ3) is 4.01. The summed E-state index contributed by atoms with van der Waals surface area (Å²) >= 11 is 3.41. The van der Waals surface area contributed by atoms with Crippen LogP contribution >= 0.6 is 15.9 Å². The van der Waals surface area contributed by atoms with E-state index in [1.807, 2.05) is 18.2 Å². The fourth-order valence-corrected chi connectivity index (χ4v) is 2.66. The molecule has 0 saturated carbocycles. The predicted octanol–water partition coefficient (Wildman–Crippen LogP) is 3.69. The van der Waals surface area contributed by atoms with E-state index in [1.54, 1.807) is 0 Å². The average molecular weight is 309 g/mol. The first-order chi connectivity index (χ1) is 8.78. The molecule has 1 aromatic rings. The van der Waals surface area contributed by atoms with Gasteiger partial charge in [-0.15, -0.1) is 0 Å². The van der Waals surface area contributed by atoms with Crippen LogP contribution in [0.5, 0.6) is 0 Å². The third-order valence-electron chi connectivity index (χ3n) is 3.10. The van der Waals surface area contributed by atoms with Crippen LogP contribution in [0.1, 0.15) is 31.2 Å². The van der Waals surface area contributed by atoms with Crippen molar-refractivity contribution >= 4 is 21.6 Å². The van der Waals surface area contributed by atoms with Crippen molar-refractivity contribution in [2.45, 2.75) is 31.8 Å². The molecule has 0 amide bonds. The molecule has 1 fully saturated rings. The summed E-state index contributed by atoms with van der Waals surface area (Å²) in [5.41, 5.74) is 1.65. The first kappa shape index (κ1) is 13.4. The van der Waals surface area contributed by atoms with Gasteiger partial charge in [-0.05, 0) is 43.9 Å². The van der Waals surface area contributed by atoms with Crippen LogP contribution in [0.3, 0.4) is 0 Å². The molecule has 0 radical (unpaired) electrons. The fraction of sp³-hybridized carbons (Fsp3) is 0.500. The number of hydrogen-bond donors (Lipinski definition) is 1. The Balaban J connectivity index is 1.82. The summed E-state index contributed by atoms with van der Waals surface area (Å²) < 4.78 is 6.61. The highest BCUT2D eigenvalue weighted by Gasteiger charge is 2.12. The second-order valence-corrected chi connectivity index (χ2v) is 5.46. The zero-order valence-electron chi connectivity index (χ0n) is 10.3. The Labute approximate surface area is 116 Å². The van der Waals surface area contributed by atoms with Crippen molar-refractivity contribution in [2.75, 3.05) is 18.5 Å². The van der Waals surface area contributed by atoms with Crippen LogP contribution < -0.4 is 5.32 Å². The molecule has 0 bridgehead atoms. The molecule has 1 N–H and O–H groups in total. The minimum Gasteiger partial charge on any atom is -0.385 e. The molecule has 1 aromatic carbocycles. The lowest BCUT2D eigenvalue weighted by molar-refractivity contribution is 0.0134. The Morgan fingerprint density at radius 2 is 2.28 bits per heavy atom. The summed E-state index contributed by atoms with van der Waals surface area (Å²) in [5.74, 6) is 0. The van der Waals surface area contributed by atoms with Crippen LogP contribution in [0.4, 0.5) is 5.69 Å². The number of halogens is 1. The smallest absolute Gasteiger partial charge is 0.0992 e. The zero-order valence-corrected chi connectivity index (χ0v) is 11.9. The first-order valence-corrected chi connectivity index (χ1v) is 7.13. The molecule has 0 spiro atoms. The molecule has 0 aromatic heterocycles. The lowest BCUT2D eigenvalue weighted by atomic mass is 10.1. The van der Waals surface area contributed by atoms with E-state index in [0.717, 1.165) is 29.7 Å². The second kappa shape index (κ2) is 6.77. The van der Waals surface area contributed by atoms with Crippen LogP contribution in [-0.2, 0) is 4.74 Å². The molecule has 1 aliphatic heterocycles. The van der Waals surface area contributed by atoms with Gasteiger partial charge >= 0.3 is 0 Å². The van der Waals surface area contributed by atoms with Gasteiger partial charge in [0.2, 0.25) is 0 Å². The number of ether oxygens (including phenoxy) is 1. The van der Waals surface area contributed by atoms with E-state index in [2.05, 4.69) is 27.3 Å². The minimum absolute atomic E-state index is 0.397. The summed E-state index contributed by atoms with van der Waals surface area (Å²) in [7, 11) is 0. The molecule has 3 nitrogen and oxygen atoms in total. The number of rotatable bonds is 4. The van der Waals surface area contributed by atoms with Gasteiger partial charge in [-0.2, -0.15) is 5.26 Å². The van der Waals surface area contributed by atoms with E-state index in [-0.39, 0.29) is 0 Å². The SMILES string of the molecule is N#Cc1cc(Br)cc(NCCC2CCCCO2)c1. The highest BCUT2D eigenvalue weighted by molar-refractivity contribution is 9.10. The van der Waals surface area contributed by atoms with Crippen molar-refractivity contribution in [3.63, 3.8) is 0 Å². The Kier molecular flexibility index (Phi) is 5.03. The number of nitrogens with zero attached hydrogens (tertiary/aromatic N) is 1. The summed E-state index contributed by atoms with van der Waals surface area (Å²) in [5, 5.41) is 12.2. The number of nitriles is 1. The molecular weight excluding hydrogens is 292 g/mol. The predicted molar refractivity (Wildman–Crippen MR) is 75.6 cm³/mol. The molecule has 2 rings (SSSR count). The maximum absolute atomic E-state index is 8.90. The molecule has 18 heavy (non-hydrogen) atoms. The van der Waals surface area contributed by atoms with E-state index in [9.17, 15) is 0 Å². The topological polar surface area (TPSA) is 45.0 Å². The van der Waals surface area contributed by atoms with Gasteiger partial charge in [-0.3, -0.25) is 0 Å². The summed E-state index contributed by atoms with van der Waals surface area (Å²) in [6.07, 6.45) is 5.06. The van der Waals surface area contributed by atoms with Crippen molar-refractivity contribution in [2.24, 2.45) is 0 Å². The summed E-state index contributed by atoms with van der Waals surface area (Å²) in [6, 6.07) is 7.82. The van der Waals surface area contributed by atoms with Gasteiger partial charge in [0.1, 0.15) is 0 Å². The van der Waals surface area contributed by atoms with Crippen molar-refractivity contribution in [1.29, 1.82) is 5.26 Å². The van der Waals surface area contributed by atoms with E-state index < -0.39 is 0 Å². The van der Waals surface area contributed by atoms with Crippen molar-refractivity contribution in [3.05, 3.63) is 28.2 Å². The normalized spacial score (nSPS) is 19.2. The standard InChI is InChI=1S/C14H17BrN2O/c15-12-7-11(10-16)8-13(9-12)17-5-4-14-3-1-2-6-18-14/h7-9,14,17H,1-6H2. The maximum atomic E-state index is 8.90. The van der Waals surface area contributed by atoms with Crippen molar-refractivity contribution in [3.8, 4) is 6.07 Å². The molecular formula is C14H17BrN2O. The molecule has 1 heterocycles. The largest absolute Gasteiger partial charge is 0.385 e. The highest BCUT2D eigenvalue weighted by Crippen LogP contribution is 2.20. The number of nitrogens with one attached hydrogen (secondary N) is 1. The molecule has 96 valence electrons. The zero-order chi connectivity index (χ0) is 12.8. The lowest BCUT2D eigenvalue weighted by Crippen LogP contribution is -2.21. The van der Waals surface area contributed by atoms with E-state index in [0.29, 0.717) is 11.7 Å². The van der Waals surface area contributed by atoms with Crippen molar-refractivity contribution < 1.29 is 4.74 Å². The Morgan fingerprint density at radius 3 is 3.00 bits per heavy atom. The molecule has 1 atom stereocenters. The molecule has 1 unspecified atom stereocenters.